The third kappa shape index (κ3) is 1.20. The van der Waals surface area contributed by atoms with Crippen LogP contribution in [-0.4, -0.2) is 9.97 Å². The molecule has 0 spiro atoms. The van der Waals surface area contributed by atoms with Gasteiger partial charge < -0.3 is 4.98 Å². The van der Waals surface area contributed by atoms with E-state index >= 15 is 0 Å². The van der Waals surface area contributed by atoms with Crippen molar-refractivity contribution in [1.29, 1.82) is 0 Å². The number of H-pyrrole nitrogens is 1. The Balaban J connectivity index is 2.85. The normalized spacial score (nSPS) is 11.9. The average molecular weight is 138 g/mol. The molecule has 0 atom stereocenters. The van der Waals surface area contributed by atoms with E-state index in [2.05, 4.69) is 30.7 Å². The van der Waals surface area contributed by atoms with Gasteiger partial charge in [-0.1, -0.05) is 20.8 Å². The highest BCUT2D eigenvalue weighted by molar-refractivity contribution is 5.08. The van der Waals surface area contributed by atoms with Crippen LogP contribution in [0.4, 0.5) is 0 Å². The molecule has 0 aliphatic rings. The van der Waals surface area contributed by atoms with E-state index in [1.54, 1.807) is 6.33 Å². The third-order valence-corrected chi connectivity index (χ3v) is 2.08. The lowest BCUT2D eigenvalue weighted by Gasteiger charge is -2.18. The second kappa shape index (κ2) is 2.45. The van der Waals surface area contributed by atoms with Crippen molar-refractivity contribution in [3.63, 3.8) is 0 Å². The Morgan fingerprint density at radius 1 is 1.60 bits per heavy atom. The van der Waals surface area contributed by atoms with E-state index in [1.807, 2.05) is 6.20 Å². The van der Waals surface area contributed by atoms with E-state index < -0.39 is 0 Å². The van der Waals surface area contributed by atoms with Crippen LogP contribution in [0.15, 0.2) is 12.5 Å². The first-order chi connectivity index (χ1) is 4.67. The molecule has 1 heterocycles. The van der Waals surface area contributed by atoms with Crippen LogP contribution in [0.2, 0.25) is 0 Å². The molecule has 2 nitrogen and oxygen atoms in total. The van der Waals surface area contributed by atoms with Crippen molar-refractivity contribution in [2.45, 2.75) is 32.6 Å². The van der Waals surface area contributed by atoms with Crippen molar-refractivity contribution < 1.29 is 0 Å². The van der Waals surface area contributed by atoms with E-state index in [1.165, 1.54) is 0 Å². The molecule has 1 aromatic rings. The van der Waals surface area contributed by atoms with Crippen LogP contribution in [0.25, 0.3) is 0 Å². The van der Waals surface area contributed by atoms with Crippen LogP contribution >= 0.6 is 0 Å². The highest BCUT2D eigenvalue weighted by Gasteiger charge is 2.19. The molecule has 0 fully saturated rings. The lowest BCUT2D eigenvalue weighted by molar-refractivity contribution is 0.493. The van der Waals surface area contributed by atoms with E-state index in [-0.39, 0.29) is 5.41 Å². The summed E-state index contributed by atoms with van der Waals surface area (Å²) in [7, 11) is 0. The molecule has 0 saturated carbocycles. The minimum absolute atomic E-state index is 0.222. The van der Waals surface area contributed by atoms with Gasteiger partial charge in [-0.25, -0.2) is 4.98 Å². The summed E-state index contributed by atoms with van der Waals surface area (Å²) in [6, 6.07) is 0. The zero-order chi connectivity index (χ0) is 7.61. The summed E-state index contributed by atoms with van der Waals surface area (Å²) in [5.41, 5.74) is 1.37. The number of aromatic nitrogens is 2. The molecule has 0 saturated heterocycles. The van der Waals surface area contributed by atoms with Gasteiger partial charge in [0, 0.05) is 11.6 Å². The summed E-state index contributed by atoms with van der Waals surface area (Å²) in [4.78, 5) is 7.16. The molecule has 0 bridgehead atoms. The Labute approximate surface area is 61.7 Å². The summed E-state index contributed by atoms with van der Waals surface area (Å²) in [5.74, 6) is 0. The maximum atomic E-state index is 4.20. The van der Waals surface area contributed by atoms with Gasteiger partial charge in [-0.15, -0.1) is 0 Å². The molecule has 0 aromatic carbocycles. The van der Waals surface area contributed by atoms with Crippen molar-refractivity contribution in [3.05, 3.63) is 18.2 Å². The van der Waals surface area contributed by atoms with Gasteiger partial charge in [-0.2, -0.15) is 0 Å². The minimum Gasteiger partial charge on any atom is -0.351 e. The zero-order valence-electron chi connectivity index (χ0n) is 6.81. The molecule has 0 aliphatic heterocycles. The number of imidazole rings is 1. The molecule has 1 rings (SSSR count). The van der Waals surface area contributed by atoms with Crippen LogP contribution < -0.4 is 0 Å². The fourth-order valence-electron chi connectivity index (χ4n) is 0.812. The molecule has 0 unspecified atom stereocenters. The minimum atomic E-state index is 0.222. The highest BCUT2D eigenvalue weighted by Crippen LogP contribution is 2.23. The third-order valence-electron chi connectivity index (χ3n) is 2.08. The largest absolute Gasteiger partial charge is 0.351 e. The molecule has 1 aromatic heterocycles. The SMILES string of the molecule is CCC(C)(C)c1c[nH]cn1. The summed E-state index contributed by atoms with van der Waals surface area (Å²) in [5, 5.41) is 0. The first-order valence-corrected chi connectivity index (χ1v) is 3.66. The molecule has 56 valence electrons. The average Bonchev–Trinajstić information content (AvgIpc) is 2.38. The Hall–Kier alpha value is -0.790. The molecule has 0 amide bonds. The van der Waals surface area contributed by atoms with Gasteiger partial charge >= 0.3 is 0 Å². The first-order valence-electron chi connectivity index (χ1n) is 3.66. The number of nitrogens with one attached hydrogen (secondary N) is 1. The number of aromatic amines is 1. The van der Waals surface area contributed by atoms with E-state index in [0.29, 0.717) is 0 Å². The zero-order valence-corrected chi connectivity index (χ0v) is 6.81. The molecular weight excluding hydrogens is 124 g/mol. The molecule has 10 heavy (non-hydrogen) atoms. The standard InChI is InChI=1S/C8H14N2/c1-4-8(2,3)7-5-9-6-10-7/h5-6H,4H2,1-3H3,(H,9,10). The summed E-state index contributed by atoms with van der Waals surface area (Å²) in [6.45, 7) is 6.57. The Morgan fingerprint density at radius 2 is 2.30 bits per heavy atom. The number of hydrogen-bond donors (Lipinski definition) is 1. The smallest absolute Gasteiger partial charge is 0.0923 e. The Kier molecular flexibility index (Phi) is 1.79. The summed E-state index contributed by atoms with van der Waals surface area (Å²) >= 11 is 0. The van der Waals surface area contributed by atoms with Crippen LogP contribution in [0.1, 0.15) is 32.9 Å². The number of hydrogen-bond acceptors (Lipinski definition) is 1. The van der Waals surface area contributed by atoms with Crippen molar-refractivity contribution in [1.82, 2.24) is 9.97 Å². The number of nitrogens with zero attached hydrogens (tertiary/aromatic N) is 1. The first kappa shape index (κ1) is 7.32. The van der Waals surface area contributed by atoms with Crippen LogP contribution in [0.3, 0.4) is 0 Å². The maximum absolute atomic E-state index is 4.20. The second-order valence-corrected chi connectivity index (χ2v) is 3.19. The van der Waals surface area contributed by atoms with Crippen molar-refractivity contribution in [2.24, 2.45) is 0 Å². The van der Waals surface area contributed by atoms with Crippen molar-refractivity contribution in [3.8, 4) is 0 Å². The lowest BCUT2D eigenvalue weighted by Crippen LogP contribution is -2.15. The summed E-state index contributed by atoms with van der Waals surface area (Å²) < 4.78 is 0. The predicted molar refractivity (Wildman–Crippen MR) is 41.9 cm³/mol. The lowest BCUT2D eigenvalue weighted by atomic mass is 9.87. The van der Waals surface area contributed by atoms with Crippen molar-refractivity contribution in [2.75, 3.05) is 0 Å². The van der Waals surface area contributed by atoms with Crippen LogP contribution in [0, 0.1) is 0 Å². The predicted octanol–water partition coefficient (Wildman–Crippen LogP) is 2.10. The molecule has 2 heteroatoms. The van der Waals surface area contributed by atoms with Gasteiger partial charge in [0.1, 0.15) is 0 Å². The van der Waals surface area contributed by atoms with Crippen molar-refractivity contribution >= 4 is 0 Å². The quantitative estimate of drug-likeness (QED) is 0.666. The van der Waals surface area contributed by atoms with Gasteiger partial charge in [-0.3, -0.25) is 0 Å². The molecular formula is C8H14N2. The Bertz CT molecular complexity index is 187. The molecule has 0 aliphatic carbocycles. The van der Waals surface area contributed by atoms with E-state index in [0.717, 1.165) is 12.1 Å². The second-order valence-electron chi connectivity index (χ2n) is 3.19. The number of rotatable bonds is 2. The summed E-state index contributed by atoms with van der Waals surface area (Å²) in [6.07, 6.45) is 4.81. The fraction of sp³-hybridized carbons (Fsp3) is 0.625. The maximum Gasteiger partial charge on any atom is 0.0923 e. The van der Waals surface area contributed by atoms with Gasteiger partial charge in [0.25, 0.3) is 0 Å². The van der Waals surface area contributed by atoms with Crippen LogP contribution in [0.5, 0.6) is 0 Å². The Morgan fingerprint density at radius 3 is 2.70 bits per heavy atom. The topological polar surface area (TPSA) is 28.7 Å². The van der Waals surface area contributed by atoms with E-state index in [9.17, 15) is 0 Å². The highest BCUT2D eigenvalue weighted by atomic mass is 14.9. The monoisotopic (exact) mass is 138 g/mol. The van der Waals surface area contributed by atoms with Crippen LogP contribution in [-0.2, 0) is 5.41 Å². The van der Waals surface area contributed by atoms with Gasteiger partial charge in [0.2, 0.25) is 0 Å². The van der Waals surface area contributed by atoms with Gasteiger partial charge in [0.05, 0.1) is 12.0 Å². The van der Waals surface area contributed by atoms with Gasteiger partial charge in [-0.05, 0) is 6.42 Å². The van der Waals surface area contributed by atoms with E-state index in [4.69, 9.17) is 0 Å². The molecule has 0 radical (unpaired) electrons. The molecule has 1 N–H and O–H groups in total. The fourth-order valence-corrected chi connectivity index (χ4v) is 0.812. The van der Waals surface area contributed by atoms with Gasteiger partial charge in [0.15, 0.2) is 0 Å².